The van der Waals surface area contributed by atoms with Gasteiger partial charge in [0, 0.05) is 31.7 Å². The molecule has 1 saturated heterocycles. The summed E-state index contributed by atoms with van der Waals surface area (Å²) in [5.41, 5.74) is 1.46. The fraction of sp³-hybridized carbons (Fsp3) is 0.667. The molecule has 4 aliphatic carbocycles. The number of thiocarbonyl (C=S) groups is 1. The van der Waals surface area contributed by atoms with Crippen molar-refractivity contribution >= 4 is 34.6 Å². The summed E-state index contributed by atoms with van der Waals surface area (Å²) in [5.74, 6) is 2.86. The van der Waals surface area contributed by atoms with E-state index in [0.717, 1.165) is 59.8 Å². The molecule has 1 N–H and O–H groups in total. The highest BCUT2D eigenvalue weighted by molar-refractivity contribution is 7.80. The molecule has 1 aromatic rings. The van der Waals surface area contributed by atoms with E-state index in [1.54, 1.807) is 0 Å². The van der Waals surface area contributed by atoms with Crippen molar-refractivity contribution in [2.45, 2.75) is 44.1 Å². The monoisotopic (exact) mass is 389 g/mol. The van der Waals surface area contributed by atoms with Crippen LogP contribution in [-0.4, -0.2) is 41.7 Å². The SMILES string of the molecule is S=C(NC12CC3CC(CC(C3)C1)C2)N1CCN(c2ccccc2Cl)CC1. The molecule has 0 radical (unpaired) electrons. The standard InChI is InChI=1S/C21H28ClN3S/c22-18-3-1-2-4-19(18)24-5-7-25(8-6-24)20(26)23-21-12-15-9-16(13-21)11-17(10-15)14-21/h1-4,15-17H,5-14H2,(H,23,26). The molecule has 6 rings (SSSR count). The van der Waals surface area contributed by atoms with Crippen LogP contribution < -0.4 is 10.2 Å². The first kappa shape index (κ1) is 17.1. The third-order valence-electron chi connectivity index (χ3n) is 7.17. The van der Waals surface area contributed by atoms with E-state index in [1.807, 2.05) is 12.1 Å². The molecule has 0 amide bonds. The van der Waals surface area contributed by atoms with E-state index >= 15 is 0 Å². The van der Waals surface area contributed by atoms with E-state index in [2.05, 4.69) is 27.2 Å². The van der Waals surface area contributed by atoms with Gasteiger partial charge in [-0.2, -0.15) is 0 Å². The molecular formula is C21H28ClN3S. The van der Waals surface area contributed by atoms with Gasteiger partial charge in [-0.25, -0.2) is 0 Å². The zero-order valence-corrected chi connectivity index (χ0v) is 16.9. The van der Waals surface area contributed by atoms with Gasteiger partial charge in [-0.1, -0.05) is 23.7 Å². The van der Waals surface area contributed by atoms with Crippen molar-refractivity contribution in [1.29, 1.82) is 0 Å². The molecule has 26 heavy (non-hydrogen) atoms. The van der Waals surface area contributed by atoms with Crippen LogP contribution >= 0.6 is 23.8 Å². The Balaban J connectivity index is 1.21. The fourth-order valence-corrected chi connectivity index (χ4v) is 7.08. The number of piperazine rings is 1. The largest absolute Gasteiger partial charge is 0.367 e. The number of benzene rings is 1. The first-order chi connectivity index (χ1) is 12.6. The van der Waals surface area contributed by atoms with Crippen LogP contribution in [-0.2, 0) is 0 Å². The highest BCUT2D eigenvalue weighted by atomic mass is 35.5. The number of rotatable bonds is 2. The van der Waals surface area contributed by atoms with Crippen molar-refractivity contribution in [2.24, 2.45) is 17.8 Å². The Kier molecular flexibility index (Phi) is 4.32. The summed E-state index contributed by atoms with van der Waals surface area (Å²) in [7, 11) is 0. The molecule has 1 aromatic carbocycles. The molecule has 4 saturated carbocycles. The van der Waals surface area contributed by atoms with Gasteiger partial charge >= 0.3 is 0 Å². The highest BCUT2D eigenvalue weighted by Crippen LogP contribution is 2.55. The Morgan fingerprint density at radius 3 is 2.12 bits per heavy atom. The van der Waals surface area contributed by atoms with Crippen LogP contribution in [0, 0.1) is 17.8 Å². The fourth-order valence-electron chi connectivity index (χ4n) is 6.43. The van der Waals surface area contributed by atoms with Crippen molar-refractivity contribution in [3.05, 3.63) is 29.3 Å². The van der Waals surface area contributed by atoms with Gasteiger partial charge in [0.1, 0.15) is 0 Å². The normalized spacial score (nSPS) is 35.7. The molecule has 1 aliphatic heterocycles. The van der Waals surface area contributed by atoms with Gasteiger partial charge in [-0.15, -0.1) is 0 Å². The maximum Gasteiger partial charge on any atom is 0.169 e. The van der Waals surface area contributed by atoms with Gasteiger partial charge in [-0.05, 0) is 80.6 Å². The summed E-state index contributed by atoms with van der Waals surface area (Å²) in [5, 5.41) is 5.71. The van der Waals surface area contributed by atoms with Crippen molar-refractivity contribution in [3.63, 3.8) is 0 Å². The van der Waals surface area contributed by atoms with Gasteiger partial charge in [-0.3, -0.25) is 0 Å². The minimum atomic E-state index is 0.311. The predicted octanol–water partition coefficient (Wildman–Crippen LogP) is 4.31. The number of para-hydroxylation sites is 1. The zero-order chi connectivity index (χ0) is 17.7. The molecule has 5 aliphatic rings. The molecule has 0 spiro atoms. The quantitative estimate of drug-likeness (QED) is 0.759. The van der Waals surface area contributed by atoms with Gasteiger partial charge in [0.2, 0.25) is 0 Å². The Bertz CT molecular complexity index is 663. The molecule has 0 unspecified atom stereocenters. The smallest absolute Gasteiger partial charge is 0.169 e. The Morgan fingerprint density at radius 1 is 0.962 bits per heavy atom. The third-order valence-corrected chi connectivity index (χ3v) is 7.85. The van der Waals surface area contributed by atoms with Crippen LogP contribution in [0.5, 0.6) is 0 Å². The second-order valence-corrected chi connectivity index (χ2v) is 9.85. The molecular weight excluding hydrogens is 362 g/mol. The molecule has 0 aromatic heterocycles. The number of hydrogen-bond acceptors (Lipinski definition) is 2. The third kappa shape index (κ3) is 3.09. The maximum absolute atomic E-state index is 6.37. The minimum absolute atomic E-state index is 0.311. The predicted molar refractivity (Wildman–Crippen MR) is 112 cm³/mol. The van der Waals surface area contributed by atoms with E-state index in [-0.39, 0.29) is 0 Å². The number of anilines is 1. The summed E-state index contributed by atoms with van der Waals surface area (Å²) < 4.78 is 0. The number of halogens is 1. The van der Waals surface area contributed by atoms with E-state index < -0.39 is 0 Å². The first-order valence-electron chi connectivity index (χ1n) is 10.2. The summed E-state index contributed by atoms with van der Waals surface area (Å²) in [6, 6.07) is 8.14. The average Bonchev–Trinajstić information content (AvgIpc) is 2.61. The van der Waals surface area contributed by atoms with Crippen LogP contribution in [0.25, 0.3) is 0 Å². The number of hydrogen-bond donors (Lipinski definition) is 1. The van der Waals surface area contributed by atoms with Crippen LogP contribution in [0.15, 0.2) is 24.3 Å². The zero-order valence-electron chi connectivity index (χ0n) is 15.3. The van der Waals surface area contributed by atoms with E-state index in [1.165, 1.54) is 38.5 Å². The van der Waals surface area contributed by atoms with Crippen LogP contribution in [0.3, 0.4) is 0 Å². The first-order valence-corrected chi connectivity index (χ1v) is 11.0. The summed E-state index contributed by atoms with van der Waals surface area (Å²) in [6.07, 6.45) is 8.47. The van der Waals surface area contributed by atoms with E-state index in [0.29, 0.717) is 5.54 Å². The molecule has 0 atom stereocenters. The second-order valence-electron chi connectivity index (χ2n) is 9.05. The maximum atomic E-state index is 6.37. The van der Waals surface area contributed by atoms with Gasteiger partial charge in [0.15, 0.2) is 5.11 Å². The molecule has 1 heterocycles. The Hall–Kier alpha value is -1.00. The molecule has 4 bridgehead atoms. The van der Waals surface area contributed by atoms with E-state index in [4.69, 9.17) is 23.8 Å². The topological polar surface area (TPSA) is 18.5 Å². The van der Waals surface area contributed by atoms with Gasteiger partial charge < -0.3 is 15.1 Å². The lowest BCUT2D eigenvalue weighted by molar-refractivity contribution is -0.0112. The lowest BCUT2D eigenvalue weighted by atomic mass is 9.53. The number of nitrogens with zero attached hydrogens (tertiary/aromatic N) is 2. The lowest BCUT2D eigenvalue weighted by Crippen LogP contribution is -2.63. The molecule has 140 valence electrons. The number of nitrogens with one attached hydrogen (secondary N) is 1. The van der Waals surface area contributed by atoms with Crippen LogP contribution in [0.2, 0.25) is 5.02 Å². The average molecular weight is 390 g/mol. The summed E-state index contributed by atoms with van der Waals surface area (Å²) in [4.78, 5) is 4.76. The summed E-state index contributed by atoms with van der Waals surface area (Å²) >= 11 is 12.2. The highest BCUT2D eigenvalue weighted by Gasteiger charge is 2.51. The second kappa shape index (κ2) is 6.56. The Morgan fingerprint density at radius 2 is 1.54 bits per heavy atom. The van der Waals surface area contributed by atoms with Gasteiger partial charge in [0.25, 0.3) is 0 Å². The lowest BCUT2D eigenvalue weighted by Gasteiger charge is -2.57. The van der Waals surface area contributed by atoms with Crippen LogP contribution in [0.4, 0.5) is 5.69 Å². The molecule has 5 fully saturated rings. The van der Waals surface area contributed by atoms with Crippen LogP contribution in [0.1, 0.15) is 38.5 Å². The van der Waals surface area contributed by atoms with Crippen molar-refractivity contribution in [2.75, 3.05) is 31.1 Å². The van der Waals surface area contributed by atoms with E-state index in [9.17, 15) is 0 Å². The van der Waals surface area contributed by atoms with Crippen molar-refractivity contribution in [3.8, 4) is 0 Å². The minimum Gasteiger partial charge on any atom is -0.367 e. The van der Waals surface area contributed by atoms with Crippen molar-refractivity contribution in [1.82, 2.24) is 10.2 Å². The molecule has 3 nitrogen and oxygen atoms in total. The Labute approximate surface area is 167 Å². The van der Waals surface area contributed by atoms with Gasteiger partial charge in [0.05, 0.1) is 10.7 Å². The summed E-state index contributed by atoms with van der Waals surface area (Å²) in [6.45, 7) is 3.91. The van der Waals surface area contributed by atoms with Crippen molar-refractivity contribution < 1.29 is 0 Å². The molecule has 5 heteroatoms.